The quantitative estimate of drug-likeness (QED) is 0.488. The van der Waals surface area contributed by atoms with Crippen LogP contribution >= 0.6 is 0 Å². The van der Waals surface area contributed by atoms with Crippen LogP contribution in [0.2, 0.25) is 0 Å². The molecule has 3 atom stereocenters. The van der Waals surface area contributed by atoms with Crippen LogP contribution in [0.15, 0.2) is 30.7 Å². The minimum absolute atomic E-state index is 0.00306. The first-order chi connectivity index (χ1) is 18.0. The molecule has 6 rings (SSSR count). The van der Waals surface area contributed by atoms with Gasteiger partial charge in [-0.05, 0) is 48.8 Å². The average molecular weight is 528 g/mol. The number of alkyl halides is 3. The summed E-state index contributed by atoms with van der Waals surface area (Å²) in [5.74, 6) is -0.252. The van der Waals surface area contributed by atoms with Crippen molar-refractivity contribution in [1.82, 2.24) is 19.9 Å². The fourth-order valence-electron chi connectivity index (χ4n) is 5.81. The maximum atomic E-state index is 14.7. The summed E-state index contributed by atoms with van der Waals surface area (Å²) in [6.45, 7) is 6.87. The number of aliphatic hydroxyl groups excluding tert-OH is 1. The molecule has 11 heteroatoms. The van der Waals surface area contributed by atoms with Crippen LogP contribution in [-0.2, 0) is 0 Å². The molecule has 2 N–H and O–H groups in total. The highest BCUT2D eigenvalue weighted by Crippen LogP contribution is 2.65. The maximum absolute atomic E-state index is 14.7. The number of hydrogen-bond acceptors (Lipinski definition) is 8. The number of fused-ring (bicyclic) bond motifs is 1. The Morgan fingerprint density at radius 2 is 1.82 bits per heavy atom. The normalized spacial score (nSPS) is 28.5. The van der Waals surface area contributed by atoms with Gasteiger partial charge in [-0.1, -0.05) is 13.8 Å². The Labute approximate surface area is 219 Å². The van der Waals surface area contributed by atoms with Gasteiger partial charge in [0, 0.05) is 50.0 Å². The van der Waals surface area contributed by atoms with E-state index < -0.39 is 23.1 Å². The van der Waals surface area contributed by atoms with Crippen molar-refractivity contribution in [3.63, 3.8) is 0 Å². The molecule has 3 aromatic rings. The molecule has 202 valence electrons. The molecule has 3 fully saturated rings. The summed E-state index contributed by atoms with van der Waals surface area (Å²) in [4.78, 5) is 21.8. The van der Waals surface area contributed by atoms with Crippen LogP contribution in [0, 0.1) is 5.41 Å². The van der Waals surface area contributed by atoms with Crippen LogP contribution in [-0.4, -0.2) is 68.9 Å². The highest BCUT2D eigenvalue weighted by Gasteiger charge is 2.72. The van der Waals surface area contributed by atoms with Crippen LogP contribution < -0.4 is 15.1 Å². The Kier molecular flexibility index (Phi) is 5.71. The number of aromatic nitrogens is 4. The SMILES string of the molecule is CC(C)c1cnc(N2CC[C@@]3(C2)CC3(F)F)c2cnc(Nc3ccnc(N4CC[C@@H](O)[C@@](C)(F)C4)n3)cc12. The molecule has 0 bridgehead atoms. The van der Waals surface area contributed by atoms with Crippen molar-refractivity contribution in [1.29, 1.82) is 0 Å². The smallest absolute Gasteiger partial charge is 0.256 e. The maximum Gasteiger partial charge on any atom is 0.256 e. The first-order valence-electron chi connectivity index (χ1n) is 13.1. The molecule has 2 saturated heterocycles. The predicted molar refractivity (Wildman–Crippen MR) is 140 cm³/mol. The predicted octanol–water partition coefficient (Wildman–Crippen LogP) is 4.82. The summed E-state index contributed by atoms with van der Waals surface area (Å²) in [6.07, 6.45) is 4.89. The zero-order valence-electron chi connectivity index (χ0n) is 21.8. The van der Waals surface area contributed by atoms with Crippen molar-refractivity contribution < 1.29 is 18.3 Å². The van der Waals surface area contributed by atoms with Gasteiger partial charge >= 0.3 is 0 Å². The topological polar surface area (TPSA) is 90.3 Å². The first-order valence-corrected chi connectivity index (χ1v) is 13.1. The Morgan fingerprint density at radius 3 is 2.50 bits per heavy atom. The van der Waals surface area contributed by atoms with Gasteiger partial charge in [0.25, 0.3) is 5.92 Å². The molecule has 1 aliphatic carbocycles. The first kappa shape index (κ1) is 25.1. The molecular formula is C27H32F3N7O. The fourth-order valence-corrected chi connectivity index (χ4v) is 5.81. The third-order valence-electron chi connectivity index (χ3n) is 8.32. The Bertz CT molecular complexity index is 1380. The van der Waals surface area contributed by atoms with E-state index in [-0.39, 0.29) is 18.9 Å². The van der Waals surface area contributed by atoms with Crippen molar-refractivity contribution in [3.8, 4) is 0 Å². The number of nitrogens with one attached hydrogen (secondary N) is 1. The molecule has 0 amide bonds. The van der Waals surface area contributed by atoms with Crippen molar-refractivity contribution >= 4 is 34.2 Å². The summed E-state index contributed by atoms with van der Waals surface area (Å²) in [7, 11) is 0. The van der Waals surface area contributed by atoms with Gasteiger partial charge in [-0.15, -0.1) is 0 Å². The molecule has 3 aromatic heterocycles. The monoisotopic (exact) mass is 527 g/mol. The number of aliphatic hydroxyl groups is 1. The van der Waals surface area contributed by atoms with Crippen LogP contribution in [0.25, 0.3) is 10.8 Å². The van der Waals surface area contributed by atoms with Crippen molar-refractivity contribution in [2.45, 2.75) is 63.6 Å². The third kappa shape index (κ3) is 4.20. The van der Waals surface area contributed by atoms with E-state index in [4.69, 9.17) is 4.98 Å². The largest absolute Gasteiger partial charge is 0.390 e. The minimum Gasteiger partial charge on any atom is -0.390 e. The number of piperidine rings is 1. The summed E-state index contributed by atoms with van der Waals surface area (Å²) in [5, 5.41) is 15.0. The molecule has 3 aliphatic rings. The lowest BCUT2D eigenvalue weighted by atomic mass is 9.94. The van der Waals surface area contributed by atoms with Gasteiger partial charge in [-0.2, -0.15) is 4.98 Å². The van der Waals surface area contributed by atoms with E-state index >= 15 is 0 Å². The van der Waals surface area contributed by atoms with Gasteiger partial charge in [0.05, 0.1) is 18.1 Å². The van der Waals surface area contributed by atoms with Crippen LogP contribution in [0.4, 0.5) is 36.6 Å². The molecule has 5 heterocycles. The Hall–Kier alpha value is -3.21. The summed E-state index contributed by atoms with van der Waals surface area (Å²) >= 11 is 0. The standard InChI is InChI=1S/C27H32F3N7O/c1-16(2)18-11-33-23(36-9-6-26(15-36)13-27(26,29)30)19-12-32-22(10-17(18)19)34-21-4-7-31-24(35-21)37-8-5-20(38)25(3,28)14-37/h4,7,10-12,16,20,38H,5-6,8-9,13-15H2,1-3H3,(H,31,32,34,35)/t20-,25+,26+/m1/s1. The van der Waals surface area contributed by atoms with E-state index in [0.29, 0.717) is 55.9 Å². The molecular weight excluding hydrogens is 495 g/mol. The van der Waals surface area contributed by atoms with Gasteiger partial charge in [-0.25, -0.2) is 28.1 Å². The van der Waals surface area contributed by atoms with Gasteiger partial charge < -0.3 is 20.2 Å². The number of halogens is 3. The molecule has 1 saturated carbocycles. The lowest BCUT2D eigenvalue weighted by Crippen LogP contribution is -2.52. The number of pyridine rings is 2. The zero-order chi connectivity index (χ0) is 26.9. The second kappa shape index (κ2) is 8.65. The third-order valence-corrected chi connectivity index (χ3v) is 8.32. The summed E-state index contributed by atoms with van der Waals surface area (Å²) in [5.41, 5.74) is -1.62. The molecule has 8 nitrogen and oxygen atoms in total. The lowest BCUT2D eigenvalue weighted by Gasteiger charge is -2.38. The fraction of sp³-hybridized carbons (Fsp3) is 0.556. The highest BCUT2D eigenvalue weighted by molar-refractivity contribution is 5.96. The van der Waals surface area contributed by atoms with Gasteiger partial charge in [0.1, 0.15) is 17.5 Å². The second-order valence-corrected chi connectivity index (χ2v) is 11.5. The van der Waals surface area contributed by atoms with Crippen LogP contribution in [0.3, 0.4) is 0 Å². The summed E-state index contributed by atoms with van der Waals surface area (Å²) in [6, 6.07) is 3.65. The second-order valence-electron chi connectivity index (χ2n) is 11.5. The Balaban J connectivity index is 1.28. The van der Waals surface area contributed by atoms with Crippen molar-refractivity contribution in [3.05, 3.63) is 36.3 Å². The number of anilines is 4. The van der Waals surface area contributed by atoms with E-state index in [1.54, 1.807) is 23.4 Å². The minimum atomic E-state index is -2.59. The highest BCUT2D eigenvalue weighted by atomic mass is 19.3. The number of rotatable bonds is 5. The molecule has 0 radical (unpaired) electrons. The van der Waals surface area contributed by atoms with Crippen LogP contribution in [0.1, 0.15) is 51.5 Å². The molecule has 38 heavy (non-hydrogen) atoms. The number of nitrogens with zero attached hydrogens (tertiary/aromatic N) is 6. The van der Waals surface area contributed by atoms with E-state index in [1.807, 2.05) is 17.2 Å². The van der Waals surface area contributed by atoms with Crippen molar-refractivity contribution in [2.75, 3.05) is 41.3 Å². The van der Waals surface area contributed by atoms with Gasteiger partial charge in [-0.3, -0.25) is 0 Å². The molecule has 0 aromatic carbocycles. The lowest BCUT2D eigenvalue weighted by molar-refractivity contribution is -0.00860. The van der Waals surface area contributed by atoms with Gasteiger partial charge in [0.2, 0.25) is 5.95 Å². The van der Waals surface area contributed by atoms with E-state index in [1.165, 1.54) is 6.92 Å². The average Bonchev–Trinajstić information content (AvgIpc) is 3.17. The van der Waals surface area contributed by atoms with Crippen LogP contribution in [0.5, 0.6) is 0 Å². The molecule has 1 spiro atoms. The zero-order valence-corrected chi connectivity index (χ0v) is 21.8. The molecule has 0 unspecified atom stereocenters. The Morgan fingerprint density at radius 1 is 1.03 bits per heavy atom. The number of hydrogen-bond donors (Lipinski definition) is 2. The summed E-state index contributed by atoms with van der Waals surface area (Å²) < 4.78 is 42.7. The van der Waals surface area contributed by atoms with Gasteiger partial charge in [0.15, 0.2) is 5.67 Å². The van der Waals surface area contributed by atoms with E-state index in [2.05, 4.69) is 34.1 Å². The molecule has 2 aliphatic heterocycles. The van der Waals surface area contributed by atoms with Crippen molar-refractivity contribution in [2.24, 2.45) is 5.41 Å². The van der Waals surface area contributed by atoms with E-state index in [0.717, 1.165) is 16.3 Å². The van der Waals surface area contributed by atoms with E-state index in [9.17, 15) is 18.3 Å².